The minimum Gasteiger partial charge on any atom is -0.351 e. The average Bonchev–Trinajstić information content (AvgIpc) is 2.27. The van der Waals surface area contributed by atoms with Crippen molar-refractivity contribution in [2.75, 3.05) is 5.75 Å². The molecule has 0 aliphatic carbocycles. The van der Waals surface area contributed by atoms with Crippen LogP contribution in [0.25, 0.3) is 0 Å². The molecular weight excluding hydrogens is 301 g/mol. The summed E-state index contributed by atoms with van der Waals surface area (Å²) in [6.45, 7) is 5.94. The highest BCUT2D eigenvalue weighted by Crippen LogP contribution is 2.24. The van der Waals surface area contributed by atoms with Gasteiger partial charge >= 0.3 is 0 Å². The van der Waals surface area contributed by atoms with Crippen molar-refractivity contribution in [2.24, 2.45) is 0 Å². The van der Waals surface area contributed by atoms with Crippen LogP contribution in [0, 0.1) is 0 Å². The van der Waals surface area contributed by atoms with Gasteiger partial charge in [-0.1, -0.05) is 29.3 Å². The topological polar surface area (TPSA) is 29.1 Å². The maximum Gasteiger partial charge on any atom is 0.221 e. The third-order valence-corrected chi connectivity index (χ3v) is 4.01. The van der Waals surface area contributed by atoms with E-state index in [1.807, 2.05) is 32.9 Å². The molecule has 19 heavy (non-hydrogen) atoms. The highest BCUT2D eigenvalue weighted by atomic mass is 35.5. The first-order valence-corrected chi connectivity index (χ1v) is 8.02. The molecule has 5 heteroatoms. The van der Waals surface area contributed by atoms with E-state index < -0.39 is 0 Å². The van der Waals surface area contributed by atoms with Gasteiger partial charge in [-0.05, 0) is 38.5 Å². The Bertz CT molecular complexity index is 444. The molecule has 0 radical (unpaired) electrons. The van der Waals surface area contributed by atoms with Crippen LogP contribution in [-0.4, -0.2) is 17.2 Å². The molecule has 1 aromatic rings. The quantitative estimate of drug-likeness (QED) is 0.808. The minimum atomic E-state index is -0.161. The van der Waals surface area contributed by atoms with E-state index in [1.54, 1.807) is 17.8 Å². The van der Waals surface area contributed by atoms with E-state index in [0.717, 1.165) is 17.1 Å². The molecule has 0 heterocycles. The van der Waals surface area contributed by atoms with E-state index in [4.69, 9.17) is 23.2 Å². The fourth-order valence-corrected chi connectivity index (χ4v) is 2.68. The number of hydrogen-bond acceptors (Lipinski definition) is 2. The van der Waals surface area contributed by atoms with Crippen molar-refractivity contribution in [3.05, 3.63) is 33.8 Å². The average molecular weight is 320 g/mol. The third kappa shape index (κ3) is 7.09. The minimum absolute atomic E-state index is 0.0918. The second-order valence-electron chi connectivity index (χ2n) is 5.35. The van der Waals surface area contributed by atoms with Crippen molar-refractivity contribution in [1.29, 1.82) is 0 Å². The van der Waals surface area contributed by atoms with Crippen LogP contribution in [0.4, 0.5) is 0 Å². The largest absolute Gasteiger partial charge is 0.351 e. The van der Waals surface area contributed by atoms with Crippen molar-refractivity contribution in [3.63, 3.8) is 0 Å². The summed E-state index contributed by atoms with van der Waals surface area (Å²) in [7, 11) is 0. The second kappa shape index (κ2) is 7.41. The van der Waals surface area contributed by atoms with Gasteiger partial charge in [-0.2, -0.15) is 11.8 Å². The third-order valence-electron chi connectivity index (χ3n) is 2.24. The van der Waals surface area contributed by atoms with Crippen molar-refractivity contribution in [2.45, 2.75) is 38.5 Å². The van der Waals surface area contributed by atoms with Crippen molar-refractivity contribution >= 4 is 40.9 Å². The second-order valence-corrected chi connectivity index (χ2v) is 7.27. The molecule has 0 aromatic heterocycles. The van der Waals surface area contributed by atoms with Crippen LogP contribution in [0.5, 0.6) is 0 Å². The van der Waals surface area contributed by atoms with Crippen molar-refractivity contribution < 1.29 is 4.79 Å². The van der Waals surface area contributed by atoms with Crippen LogP contribution >= 0.6 is 35.0 Å². The Hall–Kier alpha value is -0.380. The zero-order valence-electron chi connectivity index (χ0n) is 11.4. The number of benzene rings is 1. The molecule has 0 saturated carbocycles. The summed E-state index contributed by atoms with van der Waals surface area (Å²) < 4.78 is 0. The zero-order chi connectivity index (χ0) is 14.5. The first-order chi connectivity index (χ1) is 8.78. The Balaban J connectivity index is 2.27. The normalized spacial score (nSPS) is 11.4. The summed E-state index contributed by atoms with van der Waals surface area (Å²) in [4.78, 5) is 11.6. The Labute approximate surface area is 129 Å². The van der Waals surface area contributed by atoms with Gasteiger partial charge in [-0.25, -0.2) is 0 Å². The maximum absolute atomic E-state index is 11.6. The number of nitrogens with one attached hydrogen (secondary N) is 1. The zero-order valence-corrected chi connectivity index (χ0v) is 13.8. The lowest BCUT2D eigenvalue weighted by molar-refractivity contribution is -0.122. The summed E-state index contributed by atoms with van der Waals surface area (Å²) in [5, 5.41) is 4.09. The molecule has 0 aliphatic rings. The van der Waals surface area contributed by atoms with Gasteiger partial charge in [0.25, 0.3) is 0 Å². The highest BCUT2D eigenvalue weighted by Gasteiger charge is 2.12. The SMILES string of the molecule is CC(C)(C)NC(=O)CCSCc1ccc(Cl)c(Cl)c1. The fourth-order valence-electron chi connectivity index (χ4n) is 1.47. The Morgan fingerprint density at radius 1 is 1.26 bits per heavy atom. The van der Waals surface area contributed by atoms with Crippen LogP contribution in [0.2, 0.25) is 10.0 Å². The van der Waals surface area contributed by atoms with Gasteiger partial charge in [0.1, 0.15) is 0 Å². The van der Waals surface area contributed by atoms with E-state index in [9.17, 15) is 4.79 Å². The number of rotatable bonds is 5. The summed E-state index contributed by atoms with van der Waals surface area (Å²) in [6.07, 6.45) is 0.531. The number of halogens is 2. The lowest BCUT2D eigenvalue weighted by Gasteiger charge is -2.20. The summed E-state index contributed by atoms with van der Waals surface area (Å²) in [5.74, 6) is 1.72. The highest BCUT2D eigenvalue weighted by molar-refractivity contribution is 7.98. The van der Waals surface area contributed by atoms with Gasteiger partial charge in [0.15, 0.2) is 0 Å². The molecule has 106 valence electrons. The maximum atomic E-state index is 11.6. The van der Waals surface area contributed by atoms with Gasteiger partial charge < -0.3 is 5.32 Å². The molecule has 2 nitrogen and oxygen atoms in total. The van der Waals surface area contributed by atoms with Crippen LogP contribution in [0.15, 0.2) is 18.2 Å². The smallest absolute Gasteiger partial charge is 0.221 e. The van der Waals surface area contributed by atoms with Crippen molar-refractivity contribution in [3.8, 4) is 0 Å². The van der Waals surface area contributed by atoms with E-state index in [1.165, 1.54) is 0 Å². The lowest BCUT2D eigenvalue weighted by Crippen LogP contribution is -2.40. The van der Waals surface area contributed by atoms with Gasteiger partial charge in [-0.3, -0.25) is 4.79 Å². The van der Waals surface area contributed by atoms with Gasteiger partial charge in [0.05, 0.1) is 10.0 Å². The van der Waals surface area contributed by atoms with E-state index in [-0.39, 0.29) is 11.4 Å². The standard InChI is InChI=1S/C14H19Cl2NOS/c1-14(2,3)17-13(18)6-7-19-9-10-4-5-11(15)12(16)8-10/h4-5,8H,6-7,9H2,1-3H3,(H,17,18). The molecule has 0 saturated heterocycles. The molecule has 0 aliphatic heterocycles. The molecular formula is C14H19Cl2NOS. The summed E-state index contributed by atoms with van der Waals surface area (Å²) in [5.41, 5.74) is 0.960. The lowest BCUT2D eigenvalue weighted by atomic mass is 10.1. The van der Waals surface area contributed by atoms with Gasteiger partial charge in [0.2, 0.25) is 5.91 Å². The predicted octanol–water partition coefficient (Wildman–Crippen LogP) is 4.53. The molecule has 0 atom stereocenters. The van der Waals surface area contributed by atoms with Crippen LogP contribution < -0.4 is 5.32 Å². The van der Waals surface area contributed by atoms with Gasteiger partial charge in [0, 0.05) is 23.5 Å². The number of carbonyl (C=O) groups is 1. The molecule has 1 amide bonds. The first-order valence-electron chi connectivity index (χ1n) is 6.10. The Kier molecular flexibility index (Phi) is 6.51. The molecule has 0 bridgehead atoms. The van der Waals surface area contributed by atoms with Crippen LogP contribution in [0.3, 0.4) is 0 Å². The molecule has 0 spiro atoms. The van der Waals surface area contributed by atoms with E-state index in [2.05, 4.69) is 5.32 Å². The number of amides is 1. The first kappa shape index (κ1) is 16.7. The Morgan fingerprint density at radius 2 is 1.95 bits per heavy atom. The van der Waals surface area contributed by atoms with Crippen LogP contribution in [-0.2, 0) is 10.5 Å². The van der Waals surface area contributed by atoms with E-state index >= 15 is 0 Å². The molecule has 1 rings (SSSR count). The van der Waals surface area contributed by atoms with Gasteiger partial charge in [-0.15, -0.1) is 0 Å². The number of hydrogen-bond donors (Lipinski definition) is 1. The summed E-state index contributed by atoms with van der Waals surface area (Å²) in [6, 6.07) is 5.62. The fraction of sp³-hybridized carbons (Fsp3) is 0.500. The molecule has 1 N–H and O–H groups in total. The molecule has 1 aromatic carbocycles. The molecule has 0 unspecified atom stereocenters. The van der Waals surface area contributed by atoms with Crippen LogP contribution in [0.1, 0.15) is 32.8 Å². The van der Waals surface area contributed by atoms with E-state index in [0.29, 0.717) is 16.5 Å². The predicted molar refractivity (Wildman–Crippen MR) is 85.1 cm³/mol. The number of carbonyl (C=O) groups excluding carboxylic acids is 1. The molecule has 0 fully saturated rings. The summed E-state index contributed by atoms with van der Waals surface area (Å²) >= 11 is 13.5. The monoisotopic (exact) mass is 319 g/mol. The van der Waals surface area contributed by atoms with Crippen molar-refractivity contribution in [1.82, 2.24) is 5.32 Å². The Morgan fingerprint density at radius 3 is 2.53 bits per heavy atom. The number of thioether (sulfide) groups is 1.